The number of hydrogen-bond acceptors (Lipinski definition) is 5. The Morgan fingerprint density at radius 2 is 1.90 bits per heavy atom. The second-order valence-corrected chi connectivity index (χ2v) is 8.06. The number of aromatic nitrogens is 1. The smallest absolute Gasteiger partial charge is 0.373 e. The molecule has 0 fully saturated rings. The summed E-state index contributed by atoms with van der Waals surface area (Å²) < 4.78 is 5.97. The second kappa shape index (κ2) is 12.5. The first-order valence-electron chi connectivity index (χ1n) is 11.2. The van der Waals surface area contributed by atoms with Gasteiger partial charge < -0.3 is 15.0 Å². The molecule has 0 saturated carbocycles. The molecule has 30 heavy (non-hydrogen) atoms. The molecule has 1 atom stereocenters. The minimum atomic E-state index is 0.0608. The van der Waals surface area contributed by atoms with Gasteiger partial charge in [0.05, 0.1) is 12.7 Å². The van der Waals surface area contributed by atoms with Crippen LogP contribution in [0.1, 0.15) is 81.0 Å². The molecule has 0 aromatic carbocycles. The Bertz CT molecular complexity index is 744. The molecule has 3 heterocycles. The summed E-state index contributed by atoms with van der Waals surface area (Å²) in [5, 5.41) is 3.08. The number of fused-ring (bicyclic) bond motifs is 3. The van der Waals surface area contributed by atoms with Crippen molar-refractivity contribution in [2.24, 2.45) is 0 Å². The number of nitrogens with one attached hydrogen (secondary N) is 1. The lowest BCUT2D eigenvalue weighted by atomic mass is 9.89. The van der Waals surface area contributed by atoms with E-state index in [1.807, 2.05) is 4.90 Å². The van der Waals surface area contributed by atoms with Gasteiger partial charge in [0.2, 0.25) is 0 Å². The fourth-order valence-electron chi connectivity index (χ4n) is 4.13. The van der Waals surface area contributed by atoms with E-state index in [-0.39, 0.29) is 18.3 Å². The zero-order valence-corrected chi connectivity index (χ0v) is 18.6. The minimum Gasteiger partial charge on any atom is -0.373 e. The van der Waals surface area contributed by atoms with Crippen LogP contribution in [0.2, 0.25) is 0 Å². The molecule has 1 aromatic rings. The van der Waals surface area contributed by atoms with Crippen molar-refractivity contribution >= 4 is 12.2 Å². The number of urea groups is 1. The third-order valence-electron chi connectivity index (χ3n) is 5.78. The molecule has 0 bridgehead atoms. The van der Waals surface area contributed by atoms with Crippen molar-refractivity contribution in [2.75, 3.05) is 13.1 Å². The van der Waals surface area contributed by atoms with Gasteiger partial charge in [-0.05, 0) is 42.9 Å². The highest BCUT2D eigenvalue weighted by Gasteiger charge is 2.29. The monoisotopic (exact) mass is 417 g/mol. The molecule has 0 unspecified atom stereocenters. The standard InChI is InChI=1S/C22H35N3O2.CO2/c1-4-6-8-11-23-22(26)25-12-10-21-18(14-25)19-15-27-16(3)13-17(19)20(24-21)9-7-5-2;2-1-3/h16H,4-15H2,1-3H3,(H,23,26);/t16-;/m0./s1. The van der Waals surface area contributed by atoms with Crippen LogP contribution in [0.15, 0.2) is 0 Å². The maximum atomic E-state index is 12.6. The van der Waals surface area contributed by atoms with Crippen molar-refractivity contribution in [1.82, 2.24) is 15.2 Å². The molecule has 0 spiro atoms. The molecule has 1 N–H and O–H groups in total. The summed E-state index contributed by atoms with van der Waals surface area (Å²) in [6, 6.07) is 0.0608. The quantitative estimate of drug-likeness (QED) is 0.685. The normalized spacial score (nSPS) is 17.2. The lowest BCUT2D eigenvalue weighted by Crippen LogP contribution is -2.44. The third kappa shape index (κ3) is 6.38. The van der Waals surface area contributed by atoms with Crippen molar-refractivity contribution in [3.63, 3.8) is 0 Å². The summed E-state index contributed by atoms with van der Waals surface area (Å²) in [7, 11) is 0. The van der Waals surface area contributed by atoms with Crippen molar-refractivity contribution in [3.8, 4) is 0 Å². The van der Waals surface area contributed by atoms with Crippen LogP contribution in [0.3, 0.4) is 0 Å². The minimum absolute atomic E-state index is 0.0608. The molecule has 2 amide bonds. The van der Waals surface area contributed by atoms with E-state index in [1.54, 1.807) is 0 Å². The summed E-state index contributed by atoms with van der Waals surface area (Å²) in [4.78, 5) is 35.8. The third-order valence-corrected chi connectivity index (χ3v) is 5.78. The lowest BCUT2D eigenvalue weighted by molar-refractivity contribution is -0.191. The van der Waals surface area contributed by atoms with E-state index in [4.69, 9.17) is 19.3 Å². The Kier molecular flexibility index (Phi) is 9.98. The van der Waals surface area contributed by atoms with Gasteiger partial charge in [-0.2, -0.15) is 9.59 Å². The van der Waals surface area contributed by atoms with Gasteiger partial charge in [0.1, 0.15) is 0 Å². The number of rotatable bonds is 7. The zero-order valence-electron chi connectivity index (χ0n) is 18.6. The van der Waals surface area contributed by atoms with Gasteiger partial charge in [-0.1, -0.05) is 33.1 Å². The van der Waals surface area contributed by atoms with E-state index < -0.39 is 0 Å². The molecule has 2 aliphatic heterocycles. The summed E-state index contributed by atoms with van der Waals surface area (Å²) in [6.45, 7) is 9.39. The number of ether oxygens (including phenoxy) is 1. The van der Waals surface area contributed by atoms with E-state index in [9.17, 15) is 4.79 Å². The average molecular weight is 418 g/mol. The summed E-state index contributed by atoms with van der Waals surface area (Å²) >= 11 is 0. The van der Waals surface area contributed by atoms with Crippen LogP contribution in [0.5, 0.6) is 0 Å². The number of amides is 2. The SMILES string of the molecule is CCCCCNC(=O)N1CCc2nc(CCCC)c3c(c2C1)CO[C@@H](C)C3.O=C=O. The van der Waals surface area contributed by atoms with Crippen LogP contribution >= 0.6 is 0 Å². The molecule has 1 aromatic heterocycles. The first-order chi connectivity index (χ1) is 14.5. The molecule has 166 valence electrons. The van der Waals surface area contributed by atoms with Gasteiger partial charge in [-0.3, -0.25) is 4.98 Å². The molecule has 7 heteroatoms. The van der Waals surface area contributed by atoms with Gasteiger partial charge >= 0.3 is 12.2 Å². The first kappa shape index (κ1) is 24.0. The highest BCUT2D eigenvalue weighted by molar-refractivity contribution is 5.74. The Labute approximate surface area is 179 Å². The number of carbonyl (C=O) groups is 1. The molecule has 0 aliphatic carbocycles. The lowest BCUT2D eigenvalue weighted by Gasteiger charge is -2.34. The van der Waals surface area contributed by atoms with Crippen molar-refractivity contribution in [3.05, 3.63) is 28.1 Å². The predicted molar refractivity (Wildman–Crippen MR) is 113 cm³/mol. The fraction of sp³-hybridized carbons (Fsp3) is 0.696. The molecule has 0 radical (unpaired) electrons. The average Bonchev–Trinajstić information content (AvgIpc) is 2.75. The van der Waals surface area contributed by atoms with Crippen LogP contribution in [0.25, 0.3) is 0 Å². The molecule has 3 rings (SSSR count). The van der Waals surface area contributed by atoms with Crippen LogP contribution in [-0.4, -0.2) is 41.3 Å². The van der Waals surface area contributed by atoms with Crippen LogP contribution in [0, 0.1) is 0 Å². The fourth-order valence-corrected chi connectivity index (χ4v) is 4.13. The highest BCUT2D eigenvalue weighted by Crippen LogP contribution is 2.32. The molecule has 7 nitrogen and oxygen atoms in total. The number of hydrogen-bond donors (Lipinski definition) is 1. The molecular weight excluding hydrogens is 382 g/mol. The van der Waals surface area contributed by atoms with E-state index in [1.165, 1.54) is 47.3 Å². The topological polar surface area (TPSA) is 88.6 Å². The van der Waals surface area contributed by atoms with Gasteiger partial charge in [0.25, 0.3) is 0 Å². The summed E-state index contributed by atoms with van der Waals surface area (Å²) in [5.41, 5.74) is 6.41. The Balaban J connectivity index is 0.00000101. The summed E-state index contributed by atoms with van der Waals surface area (Å²) in [6.07, 6.45) is 9.10. The van der Waals surface area contributed by atoms with Crippen LogP contribution < -0.4 is 5.32 Å². The molecule has 0 saturated heterocycles. The largest absolute Gasteiger partial charge is 0.373 e. The van der Waals surface area contributed by atoms with Crippen molar-refractivity contribution < 1.29 is 19.1 Å². The maximum Gasteiger partial charge on any atom is 0.373 e. The van der Waals surface area contributed by atoms with Gasteiger partial charge in [0.15, 0.2) is 0 Å². The second-order valence-electron chi connectivity index (χ2n) is 8.06. The van der Waals surface area contributed by atoms with E-state index in [2.05, 4.69) is 26.1 Å². The van der Waals surface area contributed by atoms with Crippen LogP contribution in [0.4, 0.5) is 4.79 Å². The van der Waals surface area contributed by atoms with Crippen LogP contribution in [-0.2, 0) is 46.7 Å². The maximum absolute atomic E-state index is 12.6. The highest BCUT2D eigenvalue weighted by atomic mass is 16.5. The predicted octanol–water partition coefficient (Wildman–Crippen LogP) is 3.56. The number of pyridine rings is 1. The van der Waals surface area contributed by atoms with Crippen molar-refractivity contribution in [2.45, 2.75) is 91.4 Å². The zero-order chi connectivity index (χ0) is 21.9. The van der Waals surface area contributed by atoms with E-state index in [0.717, 1.165) is 45.2 Å². The Morgan fingerprint density at radius 1 is 1.17 bits per heavy atom. The van der Waals surface area contributed by atoms with E-state index >= 15 is 0 Å². The number of unbranched alkanes of at least 4 members (excludes halogenated alkanes) is 3. The Hall–Kier alpha value is -2.24. The number of aryl methyl sites for hydroxylation is 1. The first-order valence-corrected chi connectivity index (χ1v) is 11.2. The van der Waals surface area contributed by atoms with Gasteiger partial charge in [0, 0.05) is 43.9 Å². The summed E-state index contributed by atoms with van der Waals surface area (Å²) in [5.74, 6) is 0. The number of nitrogens with zero attached hydrogens (tertiary/aromatic N) is 2. The molecule has 2 aliphatic rings. The van der Waals surface area contributed by atoms with Gasteiger partial charge in [-0.25, -0.2) is 4.79 Å². The Morgan fingerprint density at radius 3 is 2.60 bits per heavy atom. The van der Waals surface area contributed by atoms with Gasteiger partial charge in [-0.15, -0.1) is 0 Å². The van der Waals surface area contributed by atoms with Crippen molar-refractivity contribution in [1.29, 1.82) is 0 Å². The van der Waals surface area contributed by atoms with E-state index in [0.29, 0.717) is 13.2 Å². The molecular formula is C23H35N3O4. The number of carbonyl (C=O) groups excluding carboxylic acids is 3.